The fourth-order valence-corrected chi connectivity index (χ4v) is 9.98. The lowest BCUT2D eigenvalue weighted by atomic mass is 10.0. The van der Waals surface area contributed by atoms with Gasteiger partial charge >= 0.3 is 0 Å². The van der Waals surface area contributed by atoms with Gasteiger partial charge in [-0.2, -0.15) is 0 Å². The third-order valence-corrected chi connectivity index (χ3v) is 14.0. The fraction of sp³-hybridized carbons (Fsp3) is 0.102. The van der Waals surface area contributed by atoms with E-state index in [0.717, 1.165) is 11.1 Å². The Bertz CT molecular complexity index is 3600. The molecule has 74 heavy (non-hydrogen) atoms. The molecule has 0 saturated carbocycles. The van der Waals surface area contributed by atoms with Crippen LogP contribution in [0.2, 0.25) is 0 Å². The molecular weight excluding hydrogens is 1060 g/mol. The van der Waals surface area contributed by atoms with Gasteiger partial charge in [-0.15, -0.1) is 0 Å². The molecule has 0 aliphatic carbocycles. The zero-order valence-corrected chi connectivity index (χ0v) is 42.7. The van der Waals surface area contributed by atoms with E-state index < -0.39 is 0 Å². The Kier molecular flexibility index (Phi) is 13.5. The van der Waals surface area contributed by atoms with Crippen molar-refractivity contribution in [1.82, 2.24) is 24.9 Å². The highest BCUT2D eigenvalue weighted by Gasteiger charge is 2.24. The SMILES string of the molecule is O=C(CBr)Nc1ccccc1-c1c2nc(c3c4ccc([nH]4)c(-c4ccccc4NC(=O)CBr)c4nc(c(c5ccc1[nH]5)-c1ccccc1NC(=O)CCc1cncc(c1)CCC(=O)Nc1ccccc1-3)C=C4)C=C2. The van der Waals surface area contributed by atoms with Gasteiger partial charge in [-0.3, -0.25) is 24.2 Å². The first-order chi connectivity index (χ1) is 36.2. The highest BCUT2D eigenvalue weighted by atomic mass is 79.9. The molecule has 15 heteroatoms. The number of hydrogen-bond acceptors (Lipinski definition) is 7. The number of carbonyl (C=O) groups is 4. The van der Waals surface area contributed by atoms with Crippen LogP contribution >= 0.6 is 31.9 Å². The fourth-order valence-electron chi connectivity index (χ4n) is 9.70. The van der Waals surface area contributed by atoms with Crippen LogP contribution in [0.3, 0.4) is 0 Å². The molecule has 4 amide bonds. The molecule has 0 unspecified atom stereocenters. The standard InChI is InChI=1S/C59H45Br2N9O4/c60-30-54(73)69-42-15-7-3-11-38(42)58-48-23-19-44(63-48)56-36-9-1-5-13-40(36)67-52(71)27-17-34-29-35(33-62-32-34)18-28-53(72)68-41-14-6-2-10-37(41)57(46-21-25-50(58)65-46)47-22-26-51(66-47)59(49-24-20-45(56)64-49)39-12-4-8-16-43(39)70-55(74)31-61/h1-16,19-26,29,32-33,63,66H,17-18,27-28,30-31H2,(H,67,71)(H,68,72)(H,69,73)(H,70,74). The van der Waals surface area contributed by atoms with E-state index in [-0.39, 0.29) is 47.1 Å². The lowest BCUT2D eigenvalue weighted by Crippen LogP contribution is -2.14. The third-order valence-electron chi connectivity index (χ3n) is 13.0. The minimum atomic E-state index is -0.223. The second kappa shape index (κ2) is 20.9. The Hall–Kier alpha value is -8.53. The largest absolute Gasteiger partial charge is 0.354 e. The smallest absolute Gasteiger partial charge is 0.235 e. The second-order valence-electron chi connectivity index (χ2n) is 17.8. The predicted octanol–water partition coefficient (Wildman–Crippen LogP) is 12.8. The van der Waals surface area contributed by atoms with E-state index >= 15 is 0 Å². The van der Waals surface area contributed by atoms with Gasteiger partial charge in [-0.1, -0.05) is 111 Å². The van der Waals surface area contributed by atoms with Gasteiger partial charge < -0.3 is 31.2 Å². The maximum atomic E-state index is 14.1. The molecule has 12 bridgehead atoms. The first-order valence-electron chi connectivity index (χ1n) is 24.0. The van der Waals surface area contributed by atoms with Crippen molar-refractivity contribution in [2.24, 2.45) is 0 Å². The summed E-state index contributed by atoms with van der Waals surface area (Å²) in [6.07, 6.45) is 12.6. The number of H-pyrrole nitrogens is 2. The molecule has 364 valence electrons. The van der Waals surface area contributed by atoms with Crippen LogP contribution in [0.5, 0.6) is 0 Å². The number of halogens is 2. The molecule has 0 atom stereocenters. The van der Waals surface area contributed by atoms with Gasteiger partial charge in [0.2, 0.25) is 23.6 Å². The lowest BCUT2D eigenvalue weighted by molar-refractivity contribution is -0.117. The third kappa shape index (κ3) is 9.74. The number of rotatable bonds is 6. The monoisotopic (exact) mass is 1100 g/mol. The average molecular weight is 1100 g/mol. The van der Waals surface area contributed by atoms with Crippen molar-refractivity contribution in [2.45, 2.75) is 25.7 Å². The molecule has 6 N–H and O–H groups in total. The van der Waals surface area contributed by atoms with Crippen LogP contribution in [0.25, 0.3) is 90.9 Å². The summed E-state index contributed by atoms with van der Waals surface area (Å²) >= 11 is 6.66. The summed E-state index contributed by atoms with van der Waals surface area (Å²) in [5.41, 5.74) is 14.9. The van der Waals surface area contributed by atoms with Gasteiger partial charge in [-0.25, -0.2) is 9.97 Å². The van der Waals surface area contributed by atoms with Crippen LogP contribution in [0, 0.1) is 0 Å². The van der Waals surface area contributed by atoms with Crippen LogP contribution in [0.4, 0.5) is 22.7 Å². The number of para-hydroxylation sites is 4. The molecule has 4 aliphatic rings. The zero-order chi connectivity index (χ0) is 50.7. The number of benzene rings is 4. The Labute approximate surface area is 442 Å². The molecule has 0 spiro atoms. The number of anilines is 4. The Morgan fingerprint density at radius 1 is 0.459 bits per heavy atom. The molecule has 0 fully saturated rings. The average Bonchev–Trinajstić information content (AvgIpc) is 4.28. The van der Waals surface area contributed by atoms with Crippen molar-refractivity contribution in [1.29, 1.82) is 0 Å². The van der Waals surface area contributed by atoms with Crippen molar-refractivity contribution >= 4 is 125 Å². The lowest BCUT2D eigenvalue weighted by Gasteiger charge is -2.14. The zero-order valence-electron chi connectivity index (χ0n) is 39.6. The molecule has 8 heterocycles. The Morgan fingerprint density at radius 3 is 1.20 bits per heavy atom. The summed E-state index contributed by atoms with van der Waals surface area (Å²) in [5, 5.41) is 12.8. The van der Waals surface area contributed by atoms with E-state index in [1.54, 1.807) is 12.4 Å². The summed E-state index contributed by atoms with van der Waals surface area (Å²) in [6, 6.07) is 40.5. The molecular formula is C59H45Br2N9O4. The van der Waals surface area contributed by atoms with Crippen molar-refractivity contribution in [3.05, 3.63) is 174 Å². The topological polar surface area (TPSA) is 187 Å². The predicted molar refractivity (Wildman–Crippen MR) is 304 cm³/mol. The number of fused-ring (bicyclic) bond motifs is 6. The van der Waals surface area contributed by atoms with E-state index in [1.807, 2.05) is 152 Å². The number of aromatic amines is 2. The van der Waals surface area contributed by atoms with Crippen molar-refractivity contribution < 1.29 is 19.2 Å². The number of amides is 4. The minimum Gasteiger partial charge on any atom is -0.354 e. The van der Waals surface area contributed by atoms with E-state index in [9.17, 15) is 19.2 Å². The summed E-state index contributed by atoms with van der Waals surface area (Å²) < 4.78 is 0. The van der Waals surface area contributed by atoms with Gasteiger partial charge in [0, 0.05) is 115 Å². The number of nitrogens with zero attached hydrogens (tertiary/aromatic N) is 3. The first-order valence-corrected chi connectivity index (χ1v) is 26.2. The first kappa shape index (κ1) is 47.8. The summed E-state index contributed by atoms with van der Waals surface area (Å²) in [7, 11) is 0. The van der Waals surface area contributed by atoms with Crippen LogP contribution in [-0.4, -0.2) is 59.2 Å². The number of hydrogen-bond donors (Lipinski definition) is 6. The molecule has 4 aromatic heterocycles. The maximum Gasteiger partial charge on any atom is 0.235 e. The molecule has 13 nitrogen and oxygen atoms in total. The summed E-state index contributed by atoms with van der Waals surface area (Å²) in [6.45, 7) is 0. The van der Waals surface area contributed by atoms with E-state index in [1.165, 1.54) is 0 Å². The van der Waals surface area contributed by atoms with Crippen LogP contribution in [0.1, 0.15) is 46.7 Å². The van der Waals surface area contributed by atoms with E-state index in [4.69, 9.17) is 9.97 Å². The summed E-state index contributed by atoms with van der Waals surface area (Å²) in [5.74, 6) is -0.836. The normalized spacial score (nSPS) is 13.2. The molecule has 4 aliphatic heterocycles. The van der Waals surface area contributed by atoms with Crippen LogP contribution in [0.15, 0.2) is 140 Å². The Morgan fingerprint density at radius 2 is 0.811 bits per heavy atom. The molecule has 4 aromatic carbocycles. The van der Waals surface area contributed by atoms with Crippen molar-refractivity contribution in [2.75, 3.05) is 31.9 Å². The second-order valence-corrected chi connectivity index (χ2v) is 19.0. The molecule has 0 saturated heterocycles. The van der Waals surface area contributed by atoms with Gasteiger partial charge in [0.05, 0.1) is 33.4 Å². The molecule has 0 radical (unpaired) electrons. The number of carbonyl (C=O) groups excluding carboxylic acids is 4. The van der Waals surface area contributed by atoms with Crippen LogP contribution in [-0.2, 0) is 32.0 Å². The molecule has 12 rings (SSSR count). The van der Waals surface area contributed by atoms with Gasteiger partial charge in [-0.05, 0) is 96.8 Å². The highest BCUT2D eigenvalue weighted by molar-refractivity contribution is 9.09. The maximum absolute atomic E-state index is 14.1. The van der Waals surface area contributed by atoms with Gasteiger partial charge in [0.15, 0.2) is 0 Å². The number of aromatic nitrogens is 5. The van der Waals surface area contributed by atoms with Crippen molar-refractivity contribution in [3.63, 3.8) is 0 Å². The number of pyridine rings is 1. The number of alkyl halides is 2. The number of nitrogens with one attached hydrogen (secondary N) is 6. The van der Waals surface area contributed by atoms with E-state index in [0.29, 0.717) is 125 Å². The number of aryl methyl sites for hydroxylation is 2. The Balaban J connectivity index is 1.30. The van der Waals surface area contributed by atoms with Gasteiger partial charge in [0.1, 0.15) is 0 Å². The minimum absolute atomic E-state index is 0.0948. The quantitative estimate of drug-likeness (QED) is 0.0894. The van der Waals surface area contributed by atoms with Gasteiger partial charge in [0.25, 0.3) is 0 Å². The van der Waals surface area contributed by atoms with E-state index in [2.05, 4.69) is 68.1 Å². The highest BCUT2D eigenvalue weighted by Crippen LogP contribution is 2.43. The van der Waals surface area contributed by atoms with Crippen LogP contribution < -0.4 is 21.3 Å². The molecule has 8 aromatic rings. The summed E-state index contributed by atoms with van der Waals surface area (Å²) in [4.78, 5) is 77.2. The van der Waals surface area contributed by atoms with Crippen molar-refractivity contribution in [3.8, 4) is 44.5 Å².